The standard InChI is InChI=1S/C32H22N4O2/c37-25-15-11-23(12-16-25)33-35-29-19-9-21-5-1-3-7-27(21)31(29)32-28-8-4-2-6-22(28)10-20-30(32)36-34-24-13-17-26(38)18-14-24/h1-20,37-38H. The topological polar surface area (TPSA) is 89.9 Å². The predicted molar refractivity (Wildman–Crippen MR) is 151 cm³/mol. The van der Waals surface area contributed by atoms with Gasteiger partial charge in [0.15, 0.2) is 0 Å². The summed E-state index contributed by atoms with van der Waals surface area (Å²) in [6, 6.07) is 37.5. The lowest BCUT2D eigenvalue weighted by atomic mass is 9.91. The average molecular weight is 495 g/mol. The number of phenols is 2. The van der Waals surface area contributed by atoms with E-state index in [1.54, 1.807) is 48.5 Å². The van der Waals surface area contributed by atoms with Crippen molar-refractivity contribution >= 4 is 44.3 Å². The lowest BCUT2D eigenvalue weighted by molar-refractivity contribution is 0.475. The van der Waals surface area contributed by atoms with Crippen molar-refractivity contribution < 1.29 is 10.2 Å². The number of hydrogen-bond acceptors (Lipinski definition) is 6. The molecule has 0 atom stereocenters. The van der Waals surface area contributed by atoms with Crippen molar-refractivity contribution in [3.63, 3.8) is 0 Å². The Hall–Kier alpha value is -5.36. The SMILES string of the molecule is Oc1ccc(N=Nc2ccc3ccccc3c2-c2c(N=Nc3ccc(O)cc3)ccc3ccccc23)cc1. The highest BCUT2D eigenvalue weighted by Gasteiger charge is 2.17. The fraction of sp³-hybridized carbons (Fsp3) is 0. The van der Waals surface area contributed by atoms with Gasteiger partial charge in [-0.2, -0.15) is 10.2 Å². The van der Waals surface area contributed by atoms with E-state index < -0.39 is 0 Å². The highest BCUT2D eigenvalue weighted by Crippen LogP contribution is 2.46. The molecule has 6 aromatic carbocycles. The average Bonchev–Trinajstić information content (AvgIpc) is 2.96. The first-order chi connectivity index (χ1) is 18.7. The van der Waals surface area contributed by atoms with Crippen LogP contribution in [0.5, 0.6) is 11.5 Å². The molecule has 0 fully saturated rings. The lowest BCUT2D eigenvalue weighted by Gasteiger charge is -2.15. The molecule has 0 heterocycles. The molecule has 0 spiro atoms. The monoisotopic (exact) mass is 494 g/mol. The second-order valence-corrected chi connectivity index (χ2v) is 8.79. The fourth-order valence-electron chi connectivity index (χ4n) is 4.47. The molecule has 0 unspecified atom stereocenters. The van der Waals surface area contributed by atoms with Gasteiger partial charge >= 0.3 is 0 Å². The summed E-state index contributed by atoms with van der Waals surface area (Å²) in [7, 11) is 0. The Morgan fingerprint density at radius 1 is 0.368 bits per heavy atom. The van der Waals surface area contributed by atoms with E-state index in [0.29, 0.717) is 22.7 Å². The third-order valence-corrected chi connectivity index (χ3v) is 6.31. The molecule has 0 aliphatic heterocycles. The molecule has 6 aromatic rings. The third kappa shape index (κ3) is 4.58. The lowest BCUT2D eigenvalue weighted by Crippen LogP contribution is -1.87. The van der Waals surface area contributed by atoms with Gasteiger partial charge in [-0.05, 0) is 82.2 Å². The Bertz CT molecular complexity index is 1690. The van der Waals surface area contributed by atoms with Crippen LogP contribution in [0.15, 0.2) is 142 Å². The summed E-state index contributed by atoms with van der Waals surface area (Å²) < 4.78 is 0. The van der Waals surface area contributed by atoms with Gasteiger partial charge in [0.1, 0.15) is 11.5 Å². The summed E-state index contributed by atoms with van der Waals surface area (Å²) in [6.45, 7) is 0. The minimum atomic E-state index is 0.176. The van der Waals surface area contributed by atoms with Crippen LogP contribution in [0.3, 0.4) is 0 Å². The minimum absolute atomic E-state index is 0.176. The van der Waals surface area contributed by atoms with E-state index in [1.165, 1.54) is 0 Å². The molecule has 38 heavy (non-hydrogen) atoms. The van der Waals surface area contributed by atoms with E-state index >= 15 is 0 Å². The van der Waals surface area contributed by atoms with Crippen LogP contribution in [0.2, 0.25) is 0 Å². The predicted octanol–water partition coefficient (Wildman–Crippen LogP) is 9.90. The largest absolute Gasteiger partial charge is 0.508 e. The van der Waals surface area contributed by atoms with Gasteiger partial charge in [0.05, 0.1) is 22.7 Å². The maximum absolute atomic E-state index is 9.63. The van der Waals surface area contributed by atoms with Gasteiger partial charge in [0.25, 0.3) is 0 Å². The van der Waals surface area contributed by atoms with Crippen molar-refractivity contribution in [3.8, 4) is 22.6 Å². The van der Waals surface area contributed by atoms with Crippen LogP contribution in [0.4, 0.5) is 22.7 Å². The molecule has 0 amide bonds. The van der Waals surface area contributed by atoms with Crippen LogP contribution in [-0.2, 0) is 0 Å². The van der Waals surface area contributed by atoms with Crippen LogP contribution in [0.1, 0.15) is 0 Å². The molecule has 0 saturated carbocycles. The number of benzene rings is 6. The van der Waals surface area contributed by atoms with Crippen molar-refractivity contribution in [1.29, 1.82) is 0 Å². The summed E-state index contributed by atoms with van der Waals surface area (Å²) >= 11 is 0. The zero-order valence-corrected chi connectivity index (χ0v) is 20.2. The smallest absolute Gasteiger partial charge is 0.115 e. The number of nitrogens with zero attached hydrogens (tertiary/aromatic N) is 4. The first-order valence-electron chi connectivity index (χ1n) is 12.1. The molecule has 0 radical (unpaired) electrons. The Morgan fingerprint density at radius 3 is 1.18 bits per heavy atom. The molecule has 0 bridgehead atoms. The van der Waals surface area contributed by atoms with E-state index in [2.05, 4.69) is 44.7 Å². The van der Waals surface area contributed by atoms with E-state index in [9.17, 15) is 10.2 Å². The summed E-state index contributed by atoms with van der Waals surface area (Å²) in [5.74, 6) is 0.351. The molecule has 0 aliphatic rings. The van der Waals surface area contributed by atoms with Crippen molar-refractivity contribution in [2.75, 3.05) is 0 Å². The molecule has 6 nitrogen and oxygen atoms in total. The Kier molecular flexibility index (Phi) is 6.04. The van der Waals surface area contributed by atoms with Crippen LogP contribution >= 0.6 is 0 Å². The van der Waals surface area contributed by atoms with Gasteiger partial charge in [-0.25, -0.2) is 0 Å². The maximum atomic E-state index is 9.63. The van der Waals surface area contributed by atoms with E-state index in [-0.39, 0.29) is 11.5 Å². The normalized spacial score (nSPS) is 11.7. The zero-order valence-electron chi connectivity index (χ0n) is 20.2. The zero-order chi connectivity index (χ0) is 25.9. The number of azo groups is 2. The summed E-state index contributed by atoms with van der Waals surface area (Å²) in [6.07, 6.45) is 0. The molecule has 0 aromatic heterocycles. The third-order valence-electron chi connectivity index (χ3n) is 6.31. The quantitative estimate of drug-likeness (QED) is 0.233. The van der Waals surface area contributed by atoms with Crippen molar-refractivity contribution in [2.24, 2.45) is 20.5 Å². The van der Waals surface area contributed by atoms with Crippen molar-refractivity contribution in [1.82, 2.24) is 0 Å². The van der Waals surface area contributed by atoms with Gasteiger partial charge in [-0.1, -0.05) is 60.7 Å². The first-order valence-corrected chi connectivity index (χ1v) is 12.1. The van der Waals surface area contributed by atoms with Crippen LogP contribution < -0.4 is 0 Å². The fourth-order valence-corrected chi connectivity index (χ4v) is 4.47. The Morgan fingerprint density at radius 2 is 0.763 bits per heavy atom. The molecule has 6 rings (SSSR count). The highest BCUT2D eigenvalue weighted by molar-refractivity contribution is 6.12. The van der Waals surface area contributed by atoms with Crippen LogP contribution in [0.25, 0.3) is 32.7 Å². The van der Waals surface area contributed by atoms with Gasteiger partial charge in [0.2, 0.25) is 0 Å². The molecule has 182 valence electrons. The van der Waals surface area contributed by atoms with Crippen molar-refractivity contribution in [3.05, 3.63) is 121 Å². The Balaban J connectivity index is 1.60. The molecule has 0 aliphatic carbocycles. The molecule has 0 saturated heterocycles. The van der Waals surface area contributed by atoms with Crippen molar-refractivity contribution in [2.45, 2.75) is 0 Å². The molecular weight excluding hydrogens is 472 g/mol. The molecule has 6 heteroatoms. The van der Waals surface area contributed by atoms with E-state index in [0.717, 1.165) is 32.7 Å². The number of rotatable bonds is 5. The summed E-state index contributed by atoms with van der Waals surface area (Å²) in [5.41, 5.74) is 4.45. The number of fused-ring (bicyclic) bond motifs is 2. The van der Waals surface area contributed by atoms with E-state index in [1.807, 2.05) is 48.5 Å². The summed E-state index contributed by atoms with van der Waals surface area (Å²) in [4.78, 5) is 0. The van der Waals surface area contributed by atoms with Gasteiger partial charge in [-0.15, -0.1) is 10.2 Å². The number of aromatic hydroxyl groups is 2. The van der Waals surface area contributed by atoms with Gasteiger partial charge in [-0.3, -0.25) is 0 Å². The second kappa shape index (κ2) is 9.95. The summed E-state index contributed by atoms with van der Waals surface area (Å²) in [5, 5.41) is 41.7. The second-order valence-electron chi connectivity index (χ2n) is 8.79. The van der Waals surface area contributed by atoms with Gasteiger partial charge in [0, 0.05) is 11.1 Å². The van der Waals surface area contributed by atoms with Crippen LogP contribution in [-0.4, -0.2) is 10.2 Å². The maximum Gasteiger partial charge on any atom is 0.115 e. The van der Waals surface area contributed by atoms with Gasteiger partial charge < -0.3 is 10.2 Å². The minimum Gasteiger partial charge on any atom is -0.508 e. The number of hydrogen-bond donors (Lipinski definition) is 2. The van der Waals surface area contributed by atoms with E-state index in [4.69, 9.17) is 0 Å². The highest BCUT2D eigenvalue weighted by atomic mass is 16.3. The first kappa shape index (κ1) is 23.1. The Labute approximate surface area is 218 Å². The molecular formula is C32H22N4O2. The molecule has 2 N–H and O–H groups in total. The van der Waals surface area contributed by atoms with Crippen LogP contribution in [0, 0.1) is 0 Å². The number of phenolic OH excluding ortho intramolecular Hbond substituents is 2.